The summed E-state index contributed by atoms with van der Waals surface area (Å²) in [5.41, 5.74) is 12.2. The van der Waals surface area contributed by atoms with E-state index >= 15 is 0 Å². The number of anilines is 1. The summed E-state index contributed by atoms with van der Waals surface area (Å²) in [6.07, 6.45) is 6.68. The van der Waals surface area contributed by atoms with Crippen LogP contribution in [0.15, 0.2) is 47.4 Å². The molecule has 2 aromatic heterocycles. The van der Waals surface area contributed by atoms with Crippen molar-refractivity contribution in [1.29, 1.82) is 0 Å². The predicted molar refractivity (Wildman–Crippen MR) is 97.9 cm³/mol. The molecule has 0 saturated carbocycles. The third-order valence-corrected chi connectivity index (χ3v) is 4.52. The van der Waals surface area contributed by atoms with Gasteiger partial charge in [0.05, 0.1) is 5.69 Å². The number of nitrogens with two attached hydrogens (primary N) is 1. The molecular formula is C20H19N3O. The van der Waals surface area contributed by atoms with Crippen molar-refractivity contribution in [2.24, 2.45) is 0 Å². The van der Waals surface area contributed by atoms with Crippen molar-refractivity contribution in [1.82, 2.24) is 9.38 Å². The Morgan fingerprint density at radius 1 is 1.12 bits per heavy atom. The zero-order valence-electron chi connectivity index (χ0n) is 13.6. The second-order valence-corrected chi connectivity index (χ2v) is 6.37. The molecule has 1 aromatic carbocycles. The lowest BCUT2D eigenvalue weighted by Gasteiger charge is -2.18. The highest BCUT2D eigenvalue weighted by atomic mass is 16.1. The number of benzene rings is 1. The van der Waals surface area contributed by atoms with E-state index in [0.29, 0.717) is 5.65 Å². The van der Waals surface area contributed by atoms with Crippen molar-refractivity contribution in [2.75, 3.05) is 5.73 Å². The van der Waals surface area contributed by atoms with Gasteiger partial charge in [0.15, 0.2) is 0 Å². The Morgan fingerprint density at radius 3 is 2.71 bits per heavy atom. The molecule has 0 fully saturated rings. The second kappa shape index (κ2) is 5.64. The molecule has 2 N–H and O–H groups in total. The van der Waals surface area contributed by atoms with Crippen molar-refractivity contribution in [3.63, 3.8) is 0 Å². The van der Waals surface area contributed by atoms with E-state index in [4.69, 9.17) is 10.7 Å². The Kier molecular flexibility index (Phi) is 3.45. The van der Waals surface area contributed by atoms with Crippen LogP contribution in [0.1, 0.15) is 35.2 Å². The number of rotatable bonds is 1. The van der Waals surface area contributed by atoms with Gasteiger partial charge < -0.3 is 5.73 Å². The van der Waals surface area contributed by atoms with Gasteiger partial charge >= 0.3 is 0 Å². The molecule has 0 bridgehead atoms. The summed E-state index contributed by atoms with van der Waals surface area (Å²) in [7, 11) is 0. The largest absolute Gasteiger partial charge is 0.399 e. The molecule has 4 heteroatoms. The van der Waals surface area contributed by atoms with Gasteiger partial charge in [-0.3, -0.25) is 9.20 Å². The van der Waals surface area contributed by atoms with E-state index in [0.717, 1.165) is 52.9 Å². The van der Waals surface area contributed by atoms with E-state index in [1.54, 1.807) is 4.40 Å². The van der Waals surface area contributed by atoms with Gasteiger partial charge in [0.25, 0.3) is 5.56 Å². The summed E-state index contributed by atoms with van der Waals surface area (Å²) in [6.45, 7) is 1.98. The molecule has 0 amide bonds. The highest BCUT2D eigenvalue weighted by molar-refractivity contribution is 5.82. The summed E-state index contributed by atoms with van der Waals surface area (Å²) in [5, 5.41) is 0. The van der Waals surface area contributed by atoms with Crippen LogP contribution in [0, 0.1) is 6.92 Å². The lowest BCUT2D eigenvalue weighted by Crippen LogP contribution is -2.24. The fraction of sp³-hybridized carbons (Fsp3) is 0.200. The summed E-state index contributed by atoms with van der Waals surface area (Å²) in [5.74, 6) is 0. The monoisotopic (exact) mass is 317 g/mol. The highest BCUT2D eigenvalue weighted by Crippen LogP contribution is 2.29. The lowest BCUT2D eigenvalue weighted by molar-refractivity contribution is 0.786. The first-order chi connectivity index (χ1) is 11.6. The van der Waals surface area contributed by atoms with Crippen LogP contribution in [0.3, 0.4) is 0 Å². The van der Waals surface area contributed by atoms with Crippen LogP contribution >= 0.6 is 0 Å². The van der Waals surface area contributed by atoms with Gasteiger partial charge in [-0.1, -0.05) is 18.2 Å². The smallest absolute Gasteiger partial charge is 0.261 e. The number of hydrogen-bond donors (Lipinski definition) is 1. The molecule has 2 heterocycles. The Morgan fingerprint density at radius 2 is 1.92 bits per heavy atom. The minimum absolute atomic E-state index is 0.0570. The van der Waals surface area contributed by atoms with Crippen LogP contribution in [0.4, 0.5) is 5.69 Å². The van der Waals surface area contributed by atoms with Crippen LogP contribution in [0.5, 0.6) is 0 Å². The van der Waals surface area contributed by atoms with Gasteiger partial charge in [0, 0.05) is 17.4 Å². The summed E-state index contributed by atoms with van der Waals surface area (Å²) >= 11 is 0. The van der Waals surface area contributed by atoms with Crippen LogP contribution < -0.4 is 11.3 Å². The molecule has 0 atom stereocenters. The Labute approximate surface area is 140 Å². The average Bonchev–Trinajstić information content (AvgIpc) is 2.58. The fourth-order valence-corrected chi connectivity index (χ4v) is 3.28. The van der Waals surface area contributed by atoms with E-state index in [1.807, 2.05) is 49.5 Å². The normalized spacial score (nSPS) is 15.6. The molecular weight excluding hydrogens is 298 g/mol. The van der Waals surface area contributed by atoms with Gasteiger partial charge in [-0.05, 0) is 67.2 Å². The quantitative estimate of drug-likeness (QED) is 0.699. The van der Waals surface area contributed by atoms with Crippen LogP contribution in [-0.4, -0.2) is 9.38 Å². The first-order valence-electron chi connectivity index (χ1n) is 8.20. The molecule has 0 aliphatic heterocycles. The predicted octanol–water partition coefficient (Wildman–Crippen LogP) is 3.46. The molecule has 3 aromatic rings. The molecule has 0 saturated heterocycles. The maximum absolute atomic E-state index is 12.8. The number of fused-ring (bicyclic) bond motifs is 2. The summed E-state index contributed by atoms with van der Waals surface area (Å²) in [6, 6.07) is 11.7. The first-order valence-corrected chi connectivity index (χ1v) is 8.20. The molecule has 4 nitrogen and oxygen atoms in total. The number of allylic oxidation sites excluding steroid dienone is 1. The average molecular weight is 317 g/mol. The molecule has 24 heavy (non-hydrogen) atoms. The minimum Gasteiger partial charge on any atom is -0.399 e. The standard InChI is InChI=1S/C20H19N3O/c1-13-5-10-18-22-19-15(11-14-6-8-16(21)9-7-14)3-2-4-17(19)20(24)23(18)12-13/h5-12H,2-4,21H2,1H3/b15-11-. The first kappa shape index (κ1) is 14.7. The van der Waals surface area contributed by atoms with Crippen LogP contribution in [-0.2, 0) is 6.42 Å². The highest BCUT2D eigenvalue weighted by Gasteiger charge is 2.20. The van der Waals surface area contributed by atoms with E-state index in [-0.39, 0.29) is 5.56 Å². The zero-order valence-corrected chi connectivity index (χ0v) is 13.6. The van der Waals surface area contributed by atoms with Gasteiger partial charge in [0.2, 0.25) is 0 Å². The Hall–Kier alpha value is -2.88. The SMILES string of the molecule is Cc1ccc2nc3c(c(=O)n2c1)CCC/C3=C/c1ccc(N)cc1. The number of aryl methyl sites for hydroxylation is 1. The lowest BCUT2D eigenvalue weighted by atomic mass is 9.90. The number of nitrogens with zero attached hydrogens (tertiary/aromatic N) is 2. The van der Waals surface area contributed by atoms with Gasteiger partial charge in [-0.25, -0.2) is 4.98 Å². The van der Waals surface area contributed by atoms with E-state index in [9.17, 15) is 4.79 Å². The van der Waals surface area contributed by atoms with E-state index in [2.05, 4.69) is 6.08 Å². The third kappa shape index (κ3) is 2.50. The van der Waals surface area contributed by atoms with Gasteiger partial charge in [0.1, 0.15) is 5.65 Å². The summed E-state index contributed by atoms with van der Waals surface area (Å²) < 4.78 is 1.67. The van der Waals surface area contributed by atoms with Crippen molar-refractivity contribution >= 4 is 23.0 Å². The molecule has 0 radical (unpaired) electrons. The molecule has 0 unspecified atom stereocenters. The van der Waals surface area contributed by atoms with E-state index in [1.165, 1.54) is 0 Å². The number of aromatic nitrogens is 2. The van der Waals surface area contributed by atoms with Crippen molar-refractivity contribution in [3.8, 4) is 0 Å². The third-order valence-electron chi connectivity index (χ3n) is 4.52. The number of nitrogen functional groups attached to an aromatic ring is 1. The van der Waals surface area contributed by atoms with Crippen LogP contribution in [0.25, 0.3) is 17.3 Å². The number of hydrogen-bond acceptors (Lipinski definition) is 3. The van der Waals surface area contributed by atoms with Crippen molar-refractivity contribution in [2.45, 2.75) is 26.2 Å². The molecule has 0 spiro atoms. The maximum atomic E-state index is 12.8. The molecule has 1 aliphatic carbocycles. The Balaban J connectivity index is 1.91. The van der Waals surface area contributed by atoms with Crippen molar-refractivity contribution < 1.29 is 0 Å². The molecule has 1 aliphatic rings. The van der Waals surface area contributed by atoms with Gasteiger partial charge in [-0.15, -0.1) is 0 Å². The second-order valence-electron chi connectivity index (χ2n) is 6.37. The molecule has 4 rings (SSSR count). The van der Waals surface area contributed by atoms with E-state index < -0.39 is 0 Å². The Bertz CT molecular complexity index is 1010. The number of pyridine rings is 1. The minimum atomic E-state index is 0.0570. The fourth-order valence-electron chi connectivity index (χ4n) is 3.28. The van der Waals surface area contributed by atoms with Crippen LogP contribution in [0.2, 0.25) is 0 Å². The van der Waals surface area contributed by atoms with Gasteiger partial charge in [-0.2, -0.15) is 0 Å². The maximum Gasteiger partial charge on any atom is 0.261 e. The zero-order chi connectivity index (χ0) is 16.7. The molecule has 120 valence electrons. The summed E-state index contributed by atoms with van der Waals surface area (Å²) in [4.78, 5) is 17.6. The topological polar surface area (TPSA) is 60.4 Å². The van der Waals surface area contributed by atoms with Crippen molar-refractivity contribution in [3.05, 3.63) is 75.3 Å².